The molecule has 11 nitrogen and oxygen atoms in total. The molecule has 4 heterocycles. The SMILES string of the molecule is CCC1CC(Nc2cccc3c(CC(F)(F)F)c(-c4noc(CNC(=O)c5cn(CCOC)nc5OC)n4)sc23)C(F)C(CC)N1C. The third-order valence-electron chi connectivity index (χ3n) is 8.56. The molecular weight excluding hydrogens is 642 g/mol. The predicted molar refractivity (Wildman–Crippen MR) is 170 cm³/mol. The van der Waals surface area contributed by atoms with Crippen molar-refractivity contribution in [3.63, 3.8) is 0 Å². The number of rotatable bonds is 13. The molecule has 4 aromatic rings. The first-order chi connectivity index (χ1) is 22.5. The fourth-order valence-electron chi connectivity index (χ4n) is 6.18. The molecule has 1 fully saturated rings. The van der Waals surface area contributed by atoms with Crippen molar-refractivity contribution in [1.29, 1.82) is 0 Å². The van der Waals surface area contributed by atoms with E-state index in [-0.39, 0.29) is 52.2 Å². The number of alkyl halides is 4. The van der Waals surface area contributed by atoms with Crippen molar-refractivity contribution < 1.29 is 36.4 Å². The number of hydrogen-bond donors (Lipinski definition) is 2. The Morgan fingerprint density at radius 1 is 1.21 bits per heavy atom. The van der Waals surface area contributed by atoms with Gasteiger partial charge in [-0.2, -0.15) is 18.2 Å². The van der Waals surface area contributed by atoms with Crippen molar-refractivity contribution in [3.05, 3.63) is 41.4 Å². The van der Waals surface area contributed by atoms with E-state index >= 15 is 4.39 Å². The van der Waals surface area contributed by atoms with Gasteiger partial charge in [-0.25, -0.2) is 4.39 Å². The van der Waals surface area contributed by atoms with Gasteiger partial charge in [-0.15, -0.1) is 16.4 Å². The molecule has 0 radical (unpaired) electrons. The van der Waals surface area contributed by atoms with Crippen LogP contribution < -0.4 is 15.4 Å². The highest BCUT2D eigenvalue weighted by Gasteiger charge is 2.40. The molecule has 0 bridgehead atoms. The summed E-state index contributed by atoms with van der Waals surface area (Å²) < 4.78 is 75.0. The van der Waals surface area contributed by atoms with Gasteiger partial charge in [0.25, 0.3) is 5.91 Å². The number of thiophene rings is 1. The Labute approximate surface area is 273 Å². The second kappa shape index (κ2) is 14.6. The van der Waals surface area contributed by atoms with Crippen LogP contribution in [0.3, 0.4) is 0 Å². The number of methoxy groups -OCH3 is 2. The fourth-order valence-corrected chi connectivity index (χ4v) is 7.40. The van der Waals surface area contributed by atoms with Gasteiger partial charge in [0.05, 0.1) is 54.5 Å². The summed E-state index contributed by atoms with van der Waals surface area (Å²) in [5.41, 5.74) is 0.736. The maximum atomic E-state index is 15.7. The average Bonchev–Trinajstić information content (AvgIpc) is 3.77. The molecular formula is C31H39F4N7O4S. The van der Waals surface area contributed by atoms with E-state index in [0.29, 0.717) is 41.8 Å². The second-order valence-corrected chi connectivity index (χ2v) is 12.5. The number of carbonyl (C=O) groups excluding carboxylic acids is 1. The lowest BCUT2D eigenvalue weighted by Crippen LogP contribution is -2.57. The first-order valence-corrected chi connectivity index (χ1v) is 16.2. The van der Waals surface area contributed by atoms with Crippen molar-refractivity contribution in [2.24, 2.45) is 0 Å². The third kappa shape index (κ3) is 7.54. The number of piperidine rings is 1. The normalized spacial score (nSPS) is 20.5. The largest absolute Gasteiger partial charge is 0.479 e. The minimum atomic E-state index is -4.51. The van der Waals surface area contributed by atoms with Crippen LogP contribution in [0.1, 0.15) is 54.9 Å². The molecule has 1 aliphatic rings. The monoisotopic (exact) mass is 681 g/mol. The molecule has 1 aromatic carbocycles. The number of hydrogen-bond acceptors (Lipinski definition) is 10. The summed E-state index contributed by atoms with van der Waals surface area (Å²) in [5.74, 6) is -0.441. The van der Waals surface area contributed by atoms with Gasteiger partial charge in [0.1, 0.15) is 11.7 Å². The Hall–Kier alpha value is -3.76. The molecule has 47 heavy (non-hydrogen) atoms. The number of benzene rings is 1. The van der Waals surface area contributed by atoms with Crippen LogP contribution in [0.5, 0.6) is 5.88 Å². The van der Waals surface area contributed by atoms with Crippen molar-refractivity contribution >= 4 is 33.0 Å². The number of anilines is 1. The molecule has 4 atom stereocenters. The Morgan fingerprint density at radius 2 is 2.00 bits per heavy atom. The number of carbonyl (C=O) groups is 1. The molecule has 0 aliphatic carbocycles. The molecule has 5 rings (SSSR count). The van der Waals surface area contributed by atoms with Gasteiger partial charge in [0, 0.05) is 25.4 Å². The van der Waals surface area contributed by atoms with E-state index in [0.717, 1.165) is 17.8 Å². The van der Waals surface area contributed by atoms with Crippen molar-refractivity contribution in [1.82, 2.24) is 30.1 Å². The number of aromatic nitrogens is 4. The van der Waals surface area contributed by atoms with E-state index < -0.39 is 30.7 Å². The Kier molecular flexibility index (Phi) is 10.7. The highest BCUT2D eigenvalue weighted by molar-refractivity contribution is 7.23. The highest BCUT2D eigenvalue weighted by atomic mass is 32.1. The summed E-state index contributed by atoms with van der Waals surface area (Å²) in [6.07, 6.45) is -3.31. The number of halogens is 4. The Morgan fingerprint density at radius 3 is 2.68 bits per heavy atom. The number of nitrogens with zero attached hydrogens (tertiary/aromatic N) is 5. The minimum Gasteiger partial charge on any atom is -0.479 e. The lowest BCUT2D eigenvalue weighted by atomic mass is 9.87. The average molecular weight is 682 g/mol. The molecule has 0 saturated carbocycles. The van der Waals surface area contributed by atoms with Gasteiger partial charge in [-0.1, -0.05) is 31.1 Å². The fraction of sp³-hybridized carbons (Fsp3) is 0.548. The van der Waals surface area contributed by atoms with E-state index in [2.05, 4.69) is 37.7 Å². The number of amides is 1. The van der Waals surface area contributed by atoms with Crippen LogP contribution >= 0.6 is 11.3 Å². The van der Waals surface area contributed by atoms with E-state index in [4.69, 9.17) is 14.0 Å². The predicted octanol–water partition coefficient (Wildman–Crippen LogP) is 5.85. The molecule has 1 aliphatic heterocycles. The summed E-state index contributed by atoms with van der Waals surface area (Å²) in [4.78, 5) is 19.5. The lowest BCUT2D eigenvalue weighted by molar-refractivity contribution is -0.126. The summed E-state index contributed by atoms with van der Waals surface area (Å²) in [5, 5.41) is 14.5. The van der Waals surface area contributed by atoms with E-state index in [1.807, 2.05) is 14.0 Å². The zero-order valence-electron chi connectivity index (χ0n) is 26.9. The van der Waals surface area contributed by atoms with Gasteiger partial charge in [-0.3, -0.25) is 14.4 Å². The van der Waals surface area contributed by atoms with Crippen LogP contribution in [0.15, 0.2) is 28.9 Å². The van der Waals surface area contributed by atoms with Crippen LogP contribution in [0, 0.1) is 0 Å². The standard InChI is InChI=1S/C31H39F4N7O4S/c1-6-17-13-22(25(32)23(7-2)41(17)3)37-21-10-8-9-18-19(14-31(33,34)35)27(47-26(18)21)28-38-24(46-40-28)15-36-29(43)20-16-42(11-12-44-4)39-30(20)45-5/h8-10,16-17,22-23,25,37H,6-7,11-15H2,1-5H3,(H,36,43). The molecule has 0 spiro atoms. The van der Waals surface area contributed by atoms with E-state index in [1.54, 1.807) is 25.3 Å². The molecule has 2 N–H and O–H groups in total. The molecule has 256 valence electrons. The number of fused-ring (bicyclic) bond motifs is 1. The number of nitrogens with one attached hydrogen (secondary N) is 2. The van der Waals surface area contributed by atoms with Crippen LogP contribution in [0.25, 0.3) is 20.8 Å². The molecule has 16 heteroatoms. The van der Waals surface area contributed by atoms with E-state index in [1.165, 1.54) is 18.0 Å². The van der Waals surface area contributed by atoms with Crippen molar-refractivity contribution in [2.45, 2.75) is 83.1 Å². The first-order valence-electron chi connectivity index (χ1n) is 15.4. The van der Waals surface area contributed by atoms with Gasteiger partial charge >= 0.3 is 6.18 Å². The summed E-state index contributed by atoms with van der Waals surface area (Å²) in [6.45, 7) is 4.63. The summed E-state index contributed by atoms with van der Waals surface area (Å²) in [7, 11) is 4.89. The maximum Gasteiger partial charge on any atom is 0.393 e. The topological polar surface area (TPSA) is 120 Å². The highest BCUT2D eigenvalue weighted by Crippen LogP contribution is 2.44. The second-order valence-electron chi connectivity index (χ2n) is 11.5. The first kappa shape index (κ1) is 34.6. The summed E-state index contributed by atoms with van der Waals surface area (Å²) in [6, 6.07) is 4.45. The van der Waals surface area contributed by atoms with Crippen LogP contribution in [-0.4, -0.2) is 89.1 Å². The number of likely N-dealkylation sites (tertiary alicyclic amines) is 1. The Bertz CT molecular complexity index is 1670. The van der Waals surface area contributed by atoms with Gasteiger partial charge < -0.3 is 24.6 Å². The van der Waals surface area contributed by atoms with E-state index in [9.17, 15) is 18.0 Å². The van der Waals surface area contributed by atoms with Crippen molar-refractivity contribution in [3.8, 4) is 16.6 Å². The van der Waals surface area contributed by atoms with Gasteiger partial charge in [0.2, 0.25) is 17.6 Å². The lowest BCUT2D eigenvalue weighted by Gasteiger charge is -2.45. The van der Waals surface area contributed by atoms with Crippen LogP contribution in [0.2, 0.25) is 0 Å². The molecule has 1 saturated heterocycles. The van der Waals surface area contributed by atoms with Crippen molar-refractivity contribution in [2.75, 3.05) is 33.2 Å². The van der Waals surface area contributed by atoms with Gasteiger partial charge in [-0.05, 0) is 43.3 Å². The third-order valence-corrected chi connectivity index (χ3v) is 9.84. The smallest absolute Gasteiger partial charge is 0.393 e. The molecule has 3 aromatic heterocycles. The minimum absolute atomic E-state index is 0.00351. The summed E-state index contributed by atoms with van der Waals surface area (Å²) >= 11 is 1.09. The van der Waals surface area contributed by atoms with Crippen LogP contribution in [-0.2, 0) is 24.2 Å². The van der Waals surface area contributed by atoms with Gasteiger partial charge in [0.15, 0.2) is 0 Å². The zero-order chi connectivity index (χ0) is 33.9. The Balaban J connectivity index is 1.41. The molecule has 4 unspecified atom stereocenters. The number of ether oxygens (including phenoxy) is 2. The maximum absolute atomic E-state index is 15.7. The molecule has 1 amide bonds. The quantitative estimate of drug-likeness (QED) is 0.168. The van der Waals surface area contributed by atoms with Crippen LogP contribution in [0.4, 0.5) is 23.2 Å². The zero-order valence-corrected chi connectivity index (χ0v) is 27.7.